The van der Waals surface area contributed by atoms with Crippen LogP contribution in [0.25, 0.3) is 11.1 Å². The quantitative estimate of drug-likeness (QED) is 0.0646. The number of aryl methyl sites for hydroxylation is 1. The minimum Gasteiger partial charge on any atom is -0.491 e. The summed E-state index contributed by atoms with van der Waals surface area (Å²) in [4.78, 5) is 12.1. The molecule has 7 heteroatoms. The first kappa shape index (κ1) is 42.3. The molecule has 2 unspecified atom stereocenters. The number of carbonyl (C=O) groups excluding carboxylic acids is 1. The summed E-state index contributed by atoms with van der Waals surface area (Å²) < 4.78 is 29.4. The zero-order chi connectivity index (χ0) is 41.8. The standard InChI is InChI=1S/C52H54O7/c1-7-50(54)59-49(35-57-45-25-15-39(16-26-45)38-11-9-8-10-12-38)36-58-48-31-23-43(24-32-48)52(5,6)42-21-29-47(30-22-42)56-34-44(53)33-55-46-27-19-41(20-28-46)51(3,4)40-17-13-37(2)14-18-40/h7-32,44,49,53H,1,33-36H2,2-6H3. The fraction of sp³-hybridized carbons (Fsp3) is 0.250. The molecule has 7 nitrogen and oxygen atoms in total. The number of carbonyl (C=O) groups is 1. The summed E-state index contributed by atoms with van der Waals surface area (Å²) in [7, 11) is 0. The summed E-state index contributed by atoms with van der Waals surface area (Å²) in [6, 6.07) is 50.4. The topological polar surface area (TPSA) is 83.5 Å². The van der Waals surface area contributed by atoms with E-state index >= 15 is 0 Å². The van der Waals surface area contributed by atoms with Gasteiger partial charge in [0.05, 0.1) is 0 Å². The van der Waals surface area contributed by atoms with Crippen molar-refractivity contribution >= 4 is 5.97 Å². The van der Waals surface area contributed by atoms with Gasteiger partial charge in [-0.2, -0.15) is 0 Å². The number of aliphatic hydroxyl groups is 1. The number of benzene rings is 6. The molecule has 6 aromatic carbocycles. The molecule has 0 aliphatic carbocycles. The van der Waals surface area contributed by atoms with Gasteiger partial charge in [0.2, 0.25) is 0 Å². The molecule has 304 valence electrons. The van der Waals surface area contributed by atoms with Gasteiger partial charge in [-0.3, -0.25) is 0 Å². The maximum absolute atomic E-state index is 12.1. The van der Waals surface area contributed by atoms with Crippen molar-refractivity contribution in [1.29, 1.82) is 0 Å². The Labute approximate surface area is 348 Å². The van der Waals surface area contributed by atoms with E-state index in [0.717, 1.165) is 28.3 Å². The molecule has 0 spiro atoms. The molecule has 0 saturated heterocycles. The second-order valence-corrected chi connectivity index (χ2v) is 15.7. The average molecular weight is 791 g/mol. The molecule has 6 rings (SSSR count). The molecule has 0 heterocycles. The van der Waals surface area contributed by atoms with Gasteiger partial charge in [0, 0.05) is 16.9 Å². The third-order valence-corrected chi connectivity index (χ3v) is 10.7. The molecular formula is C52H54O7. The van der Waals surface area contributed by atoms with E-state index in [-0.39, 0.29) is 37.3 Å². The van der Waals surface area contributed by atoms with Crippen LogP contribution >= 0.6 is 0 Å². The van der Waals surface area contributed by atoms with Crippen LogP contribution in [0.2, 0.25) is 0 Å². The van der Waals surface area contributed by atoms with Gasteiger partial charge in [0.25, 0.3) is 0 Å². The van der Waals surface area contributed by atoms with Gasteiger partial charge in [-0.1, -0.05) is 143 Å². The van der Waals surface area contributed by atoms with Crippen LogP contribution in [0, 0.1) is 6.92 Å². The summed E-state index contributed by atoms with van der Waals surface area (Å²) in [5, 5.41) is 10.6. The molecule has 0 fully saturated rings. The Balaban J connectivity index is 0.961. The highest BCUT2D eigenvalue weighted by molar-refractivity contribution is 5.81. The van der Waals surface area contributed by atoms with Crippen molar-refractivity contribution in [2.24, 2.45) is 0 Å². The van der Waals surface area contributed by atoms with Crippen molar-refractivity contribution in [2.75, 3.05) is 26.4 Å². The van der Waals surface area contributed by atoms with Crippen LogP contribution in [0.3, 0.4) is 0 Å². The third-order valence-electron chi connectivity index (χ3n) is 10.7. The first-order valence-electron chi connectivity index (χ1n) is 20.0. The number of rotatable bonds is 19. The second kappa shape index (κ2) is 19.4. The van der Waals surface area contributed by atoms with Crippen LogP contribution in [0.4, 0.5) is 0 Å². The fourth-order valence-corrected chi connectivity index (χ4v) is 6.72. The highest BCUT2D eigenvalue weighted by atomic mass is 16.6. The summed E-state index contributed by atoms with van der Waals surface area (Å²) in [5.74, 6) is 2.12. The number of hydrogen-bond acceptors (Lipinski definition) is 7. The number of esters is 1. The van der Waals surface area contributed by atoms with Crippen LogP contribution < -0.4 is 18.9 Å². The lowest BCUT2D eigenvalue weighted by atomic mass is 9.78. The second-order valence-electron chi connectivity index (χ2n) is 15.7. The lowest BCUT2D eigenvalue weighted by molar-refractivity contribution is -0.146. The van der Waals surface area contributed by atoms with Gasteiger partial charge in [0.1, 0.15) is 55.5 Å². The third kappa shape index (κ3) is 11.4. The molecule has 6 aromatic rings. The number of hydrogen-bond donors (Lipinski definition) is 1. The van der Waals surface area contributed by atoms with Crippen molar-refractivity contribution in [3.05, 3.63) is 192 Å². The predicted octanol–water partition coefficient (Wildman–Crippen LogP) is 10.7. The Morgan fingerprint density at radius 3 is 1.25 bits per heavy atom. The van der Waals surface area contributed by atoms with Gasteiger partial charge in [-0.05, 0) is 88.8 Å². The van der Waals surface area contributed by atoms with Crippen LogP contribution in [0.1, 0.15) is 55.5 Å². The summed E-state index contributed by atoms with van der Waals surface area (Å²) >= 11 is 0. The zero-order valence-electron chi connectivity index (χ0n) is 34.6. The Morgan fingerprint density at radius 2 is 0.864 bits per heavy atom. The van der Waals surface area contributed by atoms with Gasteiger partial charge in [0.15, 0.2) is 6.10 Å². The first-order chi connectivity index (χ1) is 28.4. The molecule has 0 aromatic heterocycles. The normalized spacial score (nSPS) is 12.5. The molecule has 59 heavy (non-hydrogen) atoms. The highest BCUT2D eigenvalue weighted by Gasteiger charge is 2.25. The Hall–Kier alpha value is -6.31. The van der Waals surface area contributed by atoms with Crippen molar-refractivity contribution in [3.8, 4) is 34.1 Å². The van der Waals surface area contributed by atoms with E-state index in [1.54, 1.807) is 0 Å². The van der Waals surface area contributed by atoms with Gasteiger partial charge in [-0.25, -0.2) is 4.79 Å². The summed E-state index contributed by atoms with van der Waals surface area (Å²) in [5.41, 5.74) is 7.61. The predicted molar refractivity (Wildman–Crippen MR) is 235 cm³/mol. The van der Waals surface area contributed by atoms with E-state index in [1.807, 2.05) is 103 Å². The van der Waals surface area contributed by atoms with Crippen LogP contribution in [-0.4, -0.2) is 49.7 Å². The van der Waals surface area contributed by atoms with E-state index in [4.69, 9.17) is 23.7 Å². The van der Waals surface area contributed by atoms with Gasteiger partial charge < -0.3 is 28.8 Å². The van der Waals surface area contributed by atoms with Crippen LogP contribution in [0.5, 0.6) is 23.0 Å². The monoisotopic (exact) mass is 790 g/mol. The molecule has 0 amide bonds. The Morgan fingerprint density at radius 1 is 0.525 bits per heavy atom. The lowest BCUT2D eigenvalue weighted by Crippen LogP contribution is -2.30. The maximum Gasteiger partial charge on any atom is 0.330 e. The van der Waals surface area contributed by atoms with Crippen LogP contribution in [0.15, 0.2) is 164 Å². The minimum atomic E-state index is -0.801. The molecule has 0 aliphatic rings. The SMILES string of the molecule is C=CC(=O)OC(COc1ccc(-c2ccccc2)cc1)COc1ccc(C(C)(C)c2ccc(OCC(O)COc3ccc(C(C)(C)c4ccc(C)cc4)cc3)cc2)cc1. The zero-order valence-corrected chi connectivity index (χ0v) is 34.6. The Kier molecular flexibility index (Phi) is 13.9. The number of ether oxygens (including phenoxy) is 5. The first-order valence-corrected chi connectivity index (χ1v) is 20.0. The number of aliphatic hydroxyl groups excluding tert-OH is 1. The Bertz CT molecular complexity index is 2230. The van der Waals surface area contributed by atoms with E-state index in [9.17, 15) is 9.90 Å². The fourth-order valence-electron chi connectivity index (χ4n) is 6.72. The molecule has 0 bridgehead atoms. The summed E-state index contributed by atoms with van der Waals surface area (Å²) in [6.45, 7) is 14.8. The van der Waals surface area contributed by atoms with Crippen molar-refractivity contribution in [3.63, 3.8) is 0 Å². The average Bonchev–Trinajstić information content (AvgIpc) is 3.26. The van der Waals surface area contributed by atoms with Crippen molar-refractivity contribution < 1.29 is 33.6 Å². The van der Waals surface area contributed by atoms with E-state index in [1.165, 1.54) is 16.7 Å². The minimum absolute atomic E-state index is 0.102. The largest absolute Gasteiger partial charge is 0.491 e. The highest BCUT2D eigenvalue weighted by Crippen LogP contribution is 2.34. The maximum atomic E-state index is 12.1. The van der Waals surface area contributed by atoms with Gasteiger partial charge in [-0.15, -0.1) is 0 Å². The van der Waals surface area contributed by atoms with Gasteiger partial charge >= 0.3 is 5.97 Å². The van der Waals surface area contributed by atoms with Crippen molar-refractivity contribution in [2.45, 2.75) is 57.7 Å². The molecule has 0 aliphatic heterocycles. The lowest BCUT2D eigenvalue weighted by Gasteiger charge is -2.27. The molecule has 0 radical (unpaired) electrons. The molecular weight excluding hydrogens is 737 g/mol. The van der Waals surface area contributed by atoms with E-state index < -0.39 is 18.2 Å². The summed E-state index contributed by atoms with van der Waals surface area (Å²) in [6.07, 6.45) is -0.323. The van der Waals surface area contributed by atoms with Crippen molar-refractivity contribution in [1.82, 2.24) is 0 Å². The molecule has 0 saturated carbocycles. The molecule has 1 N–H and O–H groups in total. The smallest absolute Gasteiger partial charge is 0.330 e. The van der Waals surface area contributed by atoms with E-state index in [2.05, 4.69) is 89.7 Å². The van der Waals surface area contributed by atoms with E-state index in [0.29, 0.717) is 23.0 Å². The van der Waals surface area contributed by atoms with Crippen LogP contribution in [-0.2, 0) is 20.4 Å². The molecule has 2 atom stereocenters.